The predicted molar refractivity (Wildman–Crippen MR) is 123 cm³/mol. The van der Waals surface area contributed by atoms with Crippen molar-refractivity contribution in [1.82, 2.24) is 9.66 Å². The summed E-state index contributed by atoms with van der Waals surface area (Å²) in [6.07, 6.45) is 2.45. The van der Waals surface area contributed by atoms with Gasteiger partial charge >= 0.3 is 0 Å². The fraction of sp³-hybridized carbons (Fsp3) is 0.286. The molecule has 6 nitrogen and oxygen atoms in total. The quantitative estimate of drug-likeness (QED) is 0.410. The molecule has 2 aromatic carbocycles. The van der Waals surface area contributed by atoms with Gasteiger partial charge in [-0.15, -0.1) is 0 Å². The predicted octanol–water partition coefficient (Wildman–Crippen LogP) is 5.33. The summed E-state index contributed by atoms with van der Waals surface area (Å²) in [5.41, 5.74) is 1.20. The average Bonchev–Trinajstić information content (AvgIpc) is 2.73. The summed E-state index contributed by atoms with van der Waals surface area (Å²) in [5.74, 6) is 1.88. The van der Waals surface area contributed by atoms with Crippen molar-refractivity contribution in [1.29, 1.82) is 0 Å². The standard InChI is InChI=1S/C21H21Br2N3O3/c1-5-12(2)20-25-17-7-6-14(22)9-15(17)21(27)26(20)24-11-13-8-18(28-3)19(29-4)10-16(13)23/h6-12H,5H2,1-4H3/t12-/m1/s1. The molecule has 0 bridgehead atoms. The summed E-state index contributed by atoms with van der Waals surface area (Å²) < 4.78 is 13.6. The van der Waals surface area contributed by atoms with E-state index in [1.807, 2.05) is 19.1 Å². The van der Waals surface area contributed by atoms with Gasteiger partial charge in [0, 0.05) is 20.4 Å². The van der Waals surface area contributed by atoms with E-state index in [0.29, 0.717) is 28.2 Å². The molecule has 0 amide bonds. The lowest BCUT2D eigenvalue weighted by atomic mass is 10.1. The fourth-order valence-electron chi connectivity index (χ4n) is 2.87. The Morgan fingerprint density at radius 2 is 1.86 bits per heavy atom. The van der Waals surface area contributed by atoms with Crippen LogP contribution in [0.2, 0.25) is 0 Å². The molecular weight excluding hydrogens is 502 g/mol. The molecule has 0 radical (unpaired) electrons. The molecule has 1 atom stereocenters. The molecule has 0 aliphatic heterocycles. The summed E-state index contributed by atoms with van der Waals surface area (Å²) in [6.45, 7) is 4.09. The maximum absolute atomic E-state index is 13.2. The number of fused-ring (bicyclic) bond motifs is 1. The number of hydrogen-bond donors (Lipinski definition) is 0. The third-order valence-corrected chi connectivity index (χ3v) is 5.88. The number of halogens is 2. The number of benzene rings is 2. The van der Waals surface area contributed by atoms with Crippen LogP contribution in [-0.4, -0.2) is 30.1 Å². The first kappa shape index (κ1) is 21.5. The monoisotopic (exact) mass is 521 g/mol. The first-order valence-corrected chi connectivity index (χ1v) is 10.7. The molecule has 3 rings (SSSR count). The van der Waals surface area contributed by atoms with Gasteiger partial charge in [-0.1, -0.05) is 29.8 Å². The normalized spacial score (nSPS) is 12.5. The lowest BCUT2D eigenvalue weighted by Crippen LogP contribution is -2.23. The second kappa shape index (κ2) is 9.09. The van der Waals surface area contributed by atoms with Crippen LogP contribution < -0.4 is 15.0 Å². The van der Waals surface area contributed by atoms with Gasteiger partial charge < -0.3 is 9.47 Å². The molecule has 0 fully saturated rings. The van der Waals surface area contributed by atoms with Gasteiger partial charge in [-0.25, -0.2) is 4.98 Å². The molecule has 0 saturated heterocycles. The average molecular weight is 523 g/mol. The van der Waals surface area contributed by atoms with E-state index in [4.69, 9.17) is 14.5 Å². The lowest BCUT2D eigenvalue weighted by Gasteiger charge is -2.14. The van der Waals surface area contributed by atoms with Gasteiger partial charge in [-0.3, -0.25) is 4.79 Å². The van der Waals surface area contributed by atoms with Crippen molar-refractivity contribution in [3.8, 4) is 11.5 Å². The van der Waals surface area contributed by atoms with Crippen molar-refractivity contribution in [3.05, 3.63) is 61.0 Å². The van der Waals surface area contributed by atoms with Crippen LogP contribution in [0.5, 0.6) is 11.5 Å². The van der Waals surface area contributed by atoms with Gasteiger partial charge in [0.2, 0.25) is 0 Å². The third-order valence-electron chi connectivity index (χ3n) is 4.70. The van der Waals surface area contributed by atoms with E-state index in [1.165, 1.54) is 4.68 Å². The van der Waals surface area contributed by atoms with Crippen LogP contribution in [0.4, 0.5) is 0 Å². The molecule has 1 aromatic heterocycles. The Hall–Kier alpha value is -2.19. The number of rotatable bonds is 6. The van der Waals surface area contributed by atoms with Gasteiger partial charge in [-0.05, 0) is 52.7 Å². The van der Waals surface area contributed by atoms with E-state index in [2.05, 4.69) is 43.9 Å². The van der Waals surface area contributed by atoms with Crippen molar-refractivity contribution in [3.63, 3.8) is 0 Å². The molecule has 1 heterocycles. The minimum absolute atomic E-state index is 0.0711. The van der Waals surface area contributed by atoms with Crippen molar-refractivity contribution in [2.24, 2.45) is 5.10 Å². The number of ether oxygens (including phenoxy) is 2. The summed E-state index contributed by atoms with van der Waals surface area (Å²) in [4.78, 5) is 17.9. The largest absolute Gasteiger partial charge is 0.493 e. The topological polar surface area (TPSA) is 65.7 Å². The van der Waals surface area contributed by atoms with Crippen LogP contribution in [0.3, 0.4) is 0 Å². The molecule has 0 spiro atoms. The Labute approximate surface area is 185 Å². The van der Waals surface area contributed by atoms with Crippen LogP contribution in [0.15, 0.2) is 49.2 Å². The Morgan fingerprint density at radius 3 is 2.52 bits per heavy atom. The molecule has 0 N–H and O–H groups in total. The molecular formula is C21H21Br2N3O3. The second-order valence-electron chi connectivity index (χ2n) is 6.53. The lowest BCUT2D eigenvalue weighted by molar-refractivity contribution is 0.354. The molecule has 152 valence electrons. The van der Waals surface area contributed by atoms with Gasteiger partial charge in [0.25, 0.3) is 5.56 Å². The highest BCUT2D eigenvalue weighted by Crippen LogP contribution is 2.32. The van der Waals surface area contributed by atoms with Gasteiger partial charge in [0.05, 0.1) is 31.3 Å². The molecule has 0 unspecified atom stereocenters. The van der Waals surface area contributed by atoms with E-state index in [0.717, 1.165) is 20.9 Å². The van der Waals surface area contributed by atoms with Gasteiger partial charge in [0.15, 0.2) is 11.5 Å². The highest BCUT2D eigenvalue weighted by Gasteiger charge is 2.16. The van der Waals surface area contributed by atoms with Crippen LogP contribution >= 0.6 is 31.9 Å². The molecule has 0 saturated carbocycles. The first-order valence-electron chi connectivity index (χ1n) is 9.07. The summed E-state index contributed by atoms with van der Waals surface area (Å²) >= 11 is 6.94. The summed E-state index contributed by atoms with van der Waals surface area (Å²) in [5, 5.41) is 5.00. The molecule has 29 heavy (non-hydrogen) atoms. The fourth-order valence-corrected chi connectivity index (χ4v) is 3.65. The number of hydrogen-bond acceptors (Lipinski definition) is 5. The van der Waals surface area contributed by atoms with Crippen molar-refractivity contribution in [2.75, 3.05) is 14.2 Å². The van der Waals surface area contributed by atoms with E-state index >= 15 is 0 Å². The van der Waals surface area contributed by atoms with E-state index in [1.54, 1.807) is 38.6 Å². The first-order chi connectivity index (χ1) is 13.9. The van der Waals surface area contributed by atoms with E-state index < -0.39 is 0 Å². The Kier molecular flexibility index (Phi) is 6.74. The zero-order valence-corrected chi connectivity index (χ0v) is 19.7. The van der Waals surface area contributed by atoms with Crippen LogP contribution in [0.25, 0.3) is 10.9 Å². The third kappa shape index (κ3) is 4.38. The number of nitrogens with zero attached hydrogens (tertiary/aromatic N) is 3. The smallest absolute Gasteiger partial charge is 0.282 e. The number of methoxy groups -OCH3 is 2. The van der Waals surface area contributed by atoms with Crippen molar-refractivity contribution < 1.29 is 9.47 Å². The van der Waals surface area contributed by atoms with Crippen LogP contribution in [0, 0.1) is 0 Å². The van der Waals surface area contributed by atoms with Crippen molar-refractivity contribution in [2.45, 2.75) is 26.2 Å². The zero-order chi connectivity index (χ0) is 21.1. The molecule has 3 aromatic rings. The maximum atomic E-state index is 13.2. The molecule has 0 aliphatic carbocycles. The highest BCUT2D eigenvalue weighted by molar-refractivity contribution is 9.10. The van der Waals surface area contributed by atoms with E-state index in [9.17, 15) is 4.79 Å². The SMILES string of the molecule is CC[C@@H](C)c1nc2ccc(Br)cc2c(=O)n1N=Cc1cc(OC)c(OC)cc1Br. The zero-order valence-electron chi connectivity index (χ0n) is 16.6. The number of aromatic nitrogens is 2. The minimum atomic E-state index is -0.209. The maximum Gasteiger partial charge on any atom is 0.282 e. The van der Waals surface area contributed by atoms with Gasteiger partial charge in [0.1, 0.15) is 5.82 Å². The molecule has 8 heteroatoms. The Bertz CT molecular complexity index is 1140. The summed E-state index contributed by atoms with van der Waals surface area (Å²) in [7, 11) is 3.15. The minimum Gasteiger partial charge on any atom is -0.493 e. The van der Waals surface area contributed by atoms with E-state index in [-0.39, 0.29) is 11.5 Å². The van der Waals surface area contributed by atoms with Crippen LogP contribution in [0.1, 0.15) is 37.6 Å². The Morgan fingerprint density at radius 1 is 1.17 bits per heavy atom. The summed E-state index contributed by atoms with van der Waals surface area (Å²) in [6, 6.07) is 9.08. The van der Waals surface area contributed by atoms with Gasteiger partial charge in [-0.2, -0.15) is 9.78 Å². The Balaban J connectivity index is 2.19. The van der Waals surface area contributed by atoms with Crippen LogP contribution in [-0.2, 0) is 0 Å². The second-order valence-corrected chi connectivity index (χ2v) is 8.30. The van der Waals surface area contributed by atoms with Crippen molar-refractivity contribution >= 4 is 49.0 Å². The molecule has 0 aliphatic rings. The highest BCUT2D eigenvalue weighted by atomic mass is 79.9.